The Morgan fingerprint density at radius 1 is 1.32 bits per heavy atom. The zero-order chi connectivity index (χ0) is 14.3. The maximum atomic E-state index is 11.6. The lowest BCUT2D eigenvalue weighted by atomic mass is 10.1. The molecule has 104 valence electrons. The highest BCUT2D eigenvalue weighted by atomic mass is 32.2. The average Bonchev–Trinajstić information content (AvgIpc) is 2.74. The number of benzene rings is 1. The van der Waals surface area contributed by atoms with Gasteiger partial charge in [0.1, 0.15) is 0 Å². The van der Waals surface area contributed by atoms with Crippen LogP contribution in [0.15, 0.2) is 24.3 Å². The predicted molar refractivity (Wildman–Crippen MR) is 69.7 cm³/mol. The van der Waals surface area contributed by atoms with Gasteiger partial charge in [-0.3, -0.25) is 4.55 Å². The number of nitrogens with zero attached hydrogens (tertiary/aromatic N) is 1. The molecule has 1 aliphatic rings. The topological polar surface area (TPSA) is 94.9 Å². The van der Waals surface area contributed by atoms with Crippen molar-refractivity contribution in [2.45, 2.75) is 24.6 Å². The third kappa shape index (κ3) is 2.08. The molecule has 0 saturated carbocycles. The second kappa shape index (κ2) is 4.50. The molecule has 0 amide bonds. The minimum absolute atomic E-state index is 0.130. The molecule has 0 radical (unpaired) electrons. The highest BCUT2D eigenvalue weighted by Gasteiger charge is 2.58. The van der Waals surface area contributed by atoms with Gasteiger partial charge < -0.3 is 10.0 Å². The van der Waals surface area contributed by atoms with Crippen molar-refractivity contribution in [1.29, 1.82) is 0 Å². The minimum Gasteiger partial charge on any atom is -0.479 e. The number of carboxylic acid groups (broad SMARTS) is 1. The summed E-state index contributed by atoms with van der Waals surface area (Å²) in [6, 6.07) is 6.85. The van der Waals surface area contributed by atoms with Gasteiger partial charge in [-0.25, -0.2) is 4.79 Å². The average molecular weight is 285 g/mol. The van der Waals surface area contributed by atoms with Crippen LogP contribution in [0.4, 0.5) is 5.69 Å². The molecule has 1 heterocycles. The van der Waals surface area contributed by atoms with Crippen LogP contribution in [0.1, 0.15) is 18.4 Å². The van der Waals surface area contributed by atoms with Crippen LogP contribution in [0.3, 0.4) is 0 Å². The molecule has 2 rings (SSSR count). The minimum atomic E-state index is -4.74. The van der Waals surface area contributed by atoms with E-state index in [1.165, 1.54) is 4.90 Å². The van der Waals surface area contributed by atoms with Crippen molar-refractivity contribution in [2.24, 2.45) is 0 Å². The first-order chi connectivity index (χ1) is 8.79. The van der Waals surface area contributed by atoms with Crippen LogP contribution in [-0.2, 0) is 14.9 Å². The van der Waals surface area contributed by atoms with Gasteiger partial charge >= 0.3 is 16.1 Å². The molecule has 0 aliphatic carbocycles. The van der Waals surface area contributed by atoms with Crippen LogP contribution in [0.5, 0.6) is 0 Å². The first-order valence-corrected chi connectivity index (χ1v) is 7.28. The molecule has 1 aromatic carbocycles. The molecule has 1 aromatic rings. The van der Waals surface area contributed by atoms with Crippen molar-refractivity contribution >= 4 is 21.8 Å². The summed E-state index contributed by atoms with van der Waals surface area (Å²) < 4.78 is 32.5. The second-order valence-corrected chi connectivity index (χ2v) is 6.28. The fourth-order valence-electron chi connectivity index (χ4n) is 2.46. The van der Waals surface area contributed by atoms with Gasteiger partial charge in [0.05, 0.1) is 0 Å². The molecule has 7 heteroatoms. The summed E-state index contributed by atoms with van der Waals surface area (Å²) in [7, 11) is -4.74. The number of hydrogen-bond donors (Lipinski definition) is 2. The van der Waals surface area contributed by atoms with Gasteiger partial charge in [0.2, 0.25) is 0 Å². The first kappa shape index (κ1) is 13.8. The number of carboxylic acids is 1. The zero-order valence-electron chi connectivity index (χ0n) is 10.4. The SMILES string of the molecule is Cc1ccc(N2CCC[C@]2(C(=O)O)S(=O)(=O)O)cc1. The summed E-state index contributed by atoms with van der Waals surface area (Å²) in [5, 5.41) is 9.30. The molecule has 1 atom stereocenters. The standard InChI is InChI=1S/C12H15NO5S/c1-9-3-5-10(6-4-9)13-8-2-7-12(13,11(14)15)19(16,17)18/h3-6H,2,7-8H2,1H3,(H,14,15)(H,16,17,18)/t12-/m1/s1. The largest absolute Gasteiger partial charge is 0.479 e. The summed E-state index contributed by atoms with van der Waals surface area (Å²) in [6.07, 6.45) is 0.259. The van der Waals surface area contributed by atoms with Crippen LogP contribution >= 0.6 is 0 Å². The molecule has 0 bridgehead atoms. The van der Waals surface area contributed by atoms with Crippen LogP contribution in [0, 0.1) is 6.92 Å². The number of hydrogen-bond acceptors (Lipinski definition) is 4. The van der Waals surface area contributed by atoms with Crippen molar-refractivity contribution in [1.82, 2.24) is 0 Å². The van der Waals surface area contributed by atoms with Crippen molar-refractivity contribution in [3.8, 4) is 0 Å². The van der Waals surface area contributed by atoms with Crippen LogP contribution in [0.25, 0.3) is 0 Å². The van der Waals surface area contributed by atoms with Crippen molar-refractivity contribution in [3.05, 3.63) is 29.8 Å². The highest BCUT2D eigenvalue weighted by Crippen LogP contribution is 2.38. The van der Waals surface area contributed by atoms with Gasteiger partial charge in [-0.15, -0.1) is 0 Å². The number of anilines is 1. The lowest BCUT2D eigenvalue weighted by Gasteiger charge is -2.33. The Morgan fingerprint density at radius 3 is 2.37 bits per heavy atom. The summed E-state index contributed by atoms with van der Waals surface area (Å²) in [4.78, 5) is 10.4. The Bertz CT molecular complexity index is 595. The van der Waals surface area contributed by atoms with E-state index in [1.54, 1.807) is 24.3 Å². The van der Waals surface area contributed by atoms with E-state index in [0.29, 0.717) is 12.1 Å². The maximum Gasteiger partial charge on any atom is 0.348 e. The van der Waals surface area contributed by atoms with Gasteiger partial charge in [-0.2, -0.15) is 8.42 Å². The van der Waals surface area contributed by atoms with Gasteiger partial charge in [0.25, 0.3) is 4.87 Å². The molecule has 1 fully saturated rings. The van der Waals surface area contributed by atoms with E-state index >= 15 is 0 Å². The Kier molecular flexibility index (Phi) is 3.27. The van der Waals surface area contributed by atoms with Crippen molar-refractivity contribution < 1.29 is 22.9 Å². The Labute approximate surface area is 111 Å². The summed E-state index contributed by atoms with van der Waals surface area (Å²) >= 11 is 0. The second-order valence-electron chi connectivity index (χ2n) is 4.66. The molecule has 0 unspecified atom stereocenters. The summed E-state index contributed by atoms with van der Waals surface area (Å²) in [5.74, 6) is -1.55. The van der Waals surface area contributed by atoms with Gasteiger partial charge in [0.15, 0.2) is 0 Å². The van der Waals surface area contributed by atoms with Crippen molar-refractivity contribution in [2.75, 3.05) is 11.4 Å². The smallest absolute Gasteiger partial charge is 0.348 e. The van der Waals surface area contributed by atoms with Crippen LogP contribution < -0.4 is 4.90 Å². The molecular weight excluding hydrogens is 270 g/mol. The fourth-order valence-corrected chi connectivity index (χ4v) is 3.55. The van der Waals surface area contributed by atoms with Gasteiger partial charge in [0, 0.05) is 18.7 Å². The van der Waals surface area contributed by atoms with Gasteiger partial charge in [-0.05, 0) is 25.5 Å². The number of aryl methyl sites for hydroxylation is 1. The number of aliphatic carboxylic acids is 1. The summed E-state index contributed by atoms with van der Waals surface area (Å²) in [5.41, 5.74) is 1.46. The van der Waals surface area contributed by atoms with Crippen LogP contribution in [-0.4, -0.2) is 35.5 Å². The number of rotatable bonds is 3. The van der Waals surface area contributed by atoms with E-state index in [2.05, 4.69) is 0 Å². The summed E-state index contributed by atoms with van der Waals surface area (Å²) in [6.45, 7) is 2.15. The molecule has 2 N–H and O–H groups in total. The van der Waals surface area contributed by atoms with E-state index in [1.807, 2.05) is 6.92 Å². The Hall–Kier alpha value is -1.60. The molecule has 19 heavy (non-hydrogen) atoms. The molecular formula is C12H15NO5S. The lowest BCUT2D eigenvalue weighted by molar-refractivity contribution is -0.139. The zero-order valence-corrected chi connectivity index (χ0v) is 11.2. The molecule has 6 nitrogen and oxygen atoms in total. The van der Waals surface area contributed by atoms with Crippen molar-refractivity contribution in [3.63, 3.8) is 0 Å². The third-order valence-electron chi connectivity index (χ3n) is 3.44. The Balaban J connectivity index is 2.55. The number of carbonyl (C=O) groups is 1. The highest BCUT2D eigenvalue weighted by molar-refractivity contribution is 7.88. The van der Waals surface area contributed by atoms with E-state index in [0.717, 1.165) is 5.56 Å². The molecule has 0 aromatic heterocycles. The fraction of sp³-hybridized carbons (Fsp3) is 0.417. The molecule has 1 aliphatic heterocycles. The maximum absolute atomic E-state index is 11.6. The van der Waals surface area contributed by atoms with E-state index in [9.17, 15) is 22.9 Å². The first-order valence-electron chi connectivity index (χ1n) is 5.84. The molecule has 0 spiro atoms. The monoisotopic (exact) mass is 285 g/mol. The lowest BCUT2D eigenvalue weighted by Crippen LogP contribution is -2.56. The van der Waals surface area contributed by atoms with E-state index in [4.69, 9.17) is 0 Å². The van der Waals surface area contributed by atoms with Gasteiger partial charge in [-0.1, -0.05) is 17.7 Å². The predicted octanol–water partition coefficient (Wildman–Crippen LogP) is 1.26. The Morgan fingerprint density at radius 2 is 1.89 bits per heavy atom. The van der Waals surface area contributed by atoms with E-state index < -0.39 is 21.0 Å². The van der Waals surface area contributed by atoms with Crippen LogP contribution in [0.2, 0.25) is 0 Å². The molecule has 1 saturated heterocycles. The quantitative estimate of drug-likeness (QED) is 0.812. The normalized spacial score (nSPS) is 23.6. The third-order valence-corrected chi connectivity index (χ3v) is 4.89. The van der Waals surface area contributed by atoms with E-state index in [-0.39, 0.29) is 13.0 Å².